The molecule has 13 heavy (non-hydrogen) atoms. The first-order valence-electron chi connectivity index (χ1n) is 3.96. The van der Waals surface area contributed by atoms with Crippen LogP contribution in [0.1, 0.15) is 11.8 Å². The number of nitrogens with zero attached hydrogens (tertiary/aromatic N) is 2. The number of methoxy groups -OCH3 is 1. The fourth-order valence-electron chi connectivity index (χ4n) is 0.945. The van der Waals surface area contributed by atoms with Gasteiger partial charge in [-0.15, -0.1) is 0 Å². The van der Waals surface area contributed by atoms with Gasteiger partial charge in [0.25, 0.3) is 0 Å². The Kier molecular flexibility index (Phi) is 3.60. The van der Waals surface area contributed by atoms with Crippen molar-refractivity contribution in [1.29, 1.82) is 0 Å². The molecule has 0 bridgehead atoms. The van der Waals surface area contributed by atoms with Gasteiger partial charge < -0.3 is 15.2 Å². The molecule has 0 amide bonds. The van der Waals surface area contributed by atoms with Crippen LogP contribution in [-0.2, 0) is 0 Å². The van der Waals surface area contributed by atoms with E-state index in [1.807, 2.05) is 0 Å². The number of hydrogen-bond acceptors (Lipinski definition) is 5. The molecule has 5 heteroatoms. The van der Waals surface area contributed by atoms with Crippen LogP contribution in [-0.4, -0.2) is 35.8 Å². The summed E-state index contributed by atoms with van der Waals surface area (Å²) in [6.07, 6.45) is 0.745. The van der Waals surface area contributed by atoms with Crippen LogP contribution in [0.2, 0.25) is 0 Å². The fourth-order valence-corrected chi connectivity index (χ4v) is 0.945. The number of aliphatic hydroxyl groups is 1. The highest BCUT2D eigenvalue weighted by molar-refractivity contribution is 5.15. The van der Waals surface area contributed by atoms with Gasteiger partial charge in [0.2, 0.25) is 5.88 Å². The van der Waals surface area contributed by atoms with Crippen molar-refractivity contribution in [3.63, 3.8) is 0 Å². The van der Waals surface area contributed by atoms with Gasteiger partial charge in [0, 0.05) is 12.6 Å². The van der Waals surface area contributed by atoms with Crippen LogP contribution in [0.4, 0.5) is 0 Å². The smallest absolute Gasteiger partial charge is 0.216 e. The maximum absolute atomic E-state index is 9.53. The van der Waals surface area contributed by atoms with E-state index in [4.69, 9.17) is 4.74 Å². The lowest BCUT2D eigenvalue weighted by molar-refractivity contribution is 0.172. The molecule has 0 saturated carbocycles. The summed E-state index contributed by atoms with van der Waals surface area (Å²) >= 11 is 0. The number of rotatable bonds is 4. The minimum atomic E-state index is -0.623. The Balaban J connectivity index is 2.75. The van der Waals surface area contributed by atoms with Gasteiger partial charge in [0.1, 0.15) is 12.4 Å². The van der Waals surface area contributed by atoms with Crippen molar-refractivity contribution in [2.24, 2.45) is 0 Å². The molecule has 2 N–H and O–H groups in total. The van der Waals surface area contributed by atoms with E-state index >= 15 is 0 Å². The van der Waals surface area contributed by atoms with Crippen molar-refractivity contribution in [3.05, 3.63) is 18.1 Å². The highest BCUT2D eigenvalue weighted by Crippen LogP contribution is 2.12. The monoisotopic (exact) mass is 183 g/mol. The van der Waals surface area contributed by atoms with Crippen LogP contribution in [0.25, 0.3) is 0 Å². The van der Waals surface area contributed by atoms with Gasteiger partial charge in [-0.2, -0.15) is 0 Å². The van der Waals surface area contributed by atoms with E-state index < -0.39 is 6.10 Å². The molecule has 1 heterocycles. The van der Waals surface area contributed by atoms with Crippen molar-refractivity contribution in [1.82, 2.24) is 15.3 Å². The zero-order valence-electron chi connectivity index (χ0n) is 7.69. The first-order chi connectivity index (χ1) is 6.27. The van der Waals surface area contributed by atoms with E-state index in [0.29, 0.717) is 18.1 Å². The largest absolute Gasteiger partial charge is 0.481 e. The fraction of sp³-hybridized carbons (Fsp3) is 0.500. The number of ether oxygens (including phenoxy) is 1. The predicted molar refractivity (Wildman–Crippen MR) is 47.5 cm³/mol. The SMILES string of the molecule is CNCC(O)c1cc(OC)ncn1. The average molecular weight is 183 g/mol. The first-order valence-corrected chi connectivity index (χ1v) is 3.96. The van der Waals surface area contributed by atoms with Crippen LogP contribution < -0.4 is 10.1 Å². The number of aromatic nitrogens is 2. The second-order valence-corrected chi connectivity index (χ2v) is 2.56. The van der Waals surface area contributed by atoms with Crippen molar-refractivity contribution >= 4 is 0 Å². The highest BCUT2D eigenvalue weighted by Gasteiger charge is 2.08. The third kappa shape index (κ3) is 2.64. The molecule has 5 nitrogen and oxygen atoms in total. The third-order valence-electron chi connectivity index (χ3n) is 1.61. The summed E-state index contributed by atoms with van der Waals surface area (Å²) in [4.78, 5) is 7.76. The molecule has 0 aliphatic rings. The minimum absolute atomic E-state index is 0.458. The van der Waals surface area contributed by atoms with E-state index in [9.17, 15) is 5.11 Å². The Labute approximate surface area is 76.8 Å². The van der Waals surface area contributed by atoms with Crippen molar-refractivity contribution < 1.29 is 9.84 Å². The van der Waals surface area contributed by atoms with Crippen LogP contribution in [0, 0.1) is 0 Å². The summed E-state index contributed by atoms with van der Waals surface area (Å²) in [6, 6.07) is 1.61. The summed E-state index contributed by atoms with van der Waals surface area (Å²) < 4.78 is 4.90. The molecule has 0 saturated heterocycles. The van der Waals surface area contributed by atoms with Crippen LogP contribution >= 0.6 is 0 Å². The molecule has 0 aliphatic heterocycles. The molecule has 0 spiro atoms. The van der Waals surface area contributed by atoms with Crippen LogP contribution in [0.15, 0.2) is 12.4 Å². The lowest BCUT2D eigenvalue weighted by Crippen LogP contribution is -2.17. The van der Waals surface area contributed by atoms with E-state index in [1.165, 1.54) is 13.4 Å². The van der Waals surface area contributed by atoms with Gasteiger partial charge in [-0.3, -0.25) is 0 Å². The average Bonchev–Trinajstić information content (AvgIpc) is 2.18. The maximum atomic E-state index is 9.53. The second-order valence-electron chi connectivity index (χ2n) is 2.56. The Bertz CT molecular complexity index is 267. The van der Waals surface area contributed by atoms with Crippen molar-refractivity contribution in [2.45, 2.75) is 6.10 Å². The Hall–Kier alpha value is -1.20. The summed E-state index contributed by atoms with van der Waals surface area (Å²) in [6.45, 7) is 0.458. The van der Waals surface area contributed by atoms with Gasteiger partial charge in [-0.05, 0) is 7.05 Å². The number of likely N-dealkylation sites (N-methyl/N-ethyl adjacent to an activating group) is 1. The van der Waals surface area contributed by atoms with E-state index in [-0.39, 0.29) is 0 Å². The van der Waals surface area contributed by atoms with E-state index in [2.05, 4.69) is 15.3 Å². The molecule has 0 radical (unpaired) electrons. The first kappa shape index (κ1) is 9.88. The summed E-state index contributed by atoms with van der Waals surface area (Å²) in [5, 5.41) is 12.4. The molecule has 72 valence electrons. The van der Waals surface area contributed by atoms with Gasteiger partial charge in [0.05, 0.1) is 12.8 Å². The molecule has 1 rings (SSSR count). The van der Waals surface area contributed by atoms with Gasteiger partial charge in [0.15, 0.2) is 0 Å². The van der Waals surface area contributed by atoms with Crippen LogP contribution in [0.5, 0.6) is 5.88 Å². The summed E-state index contributed by atoms with van der Waals surface area (Å²) in [7, 11) is 3.29. The molecule has 0 fully saturated rings. The second kappa shape index (κ2) is 4.74. The molecule has 1 unspecified atom stereocenters. The van der Waals surface area contributed by atoms with Crippen molar-refractivity contribution in [2.75, 3.05) is 20.7 Å². The van der Waals surface area contributed by atoms with Gasteiger partial charge in [-0.25, -0.2) is 9.97 Å². The number of hydrogen-bond donors (Lipinski definition) is 2. The number of aliphatic hydroxyl groups excluding tert-OH is 1. The third-order valence-corrected chi connectivity index (χ3v) is 1.61. The maximum Gasteiger partial charge on any atom is 0.216 e. The lowest BCUT2D eigenvalue weighted by Gasteiger charge is -2.09. The molecule has 1 aromatic rings. The molecular weight excluding hydrogens is 170 g/mol. The topological polar surface area (TPSA) is 67.3 Å². The standard InChI is InChI=1S/C8H13N3O2/c1-9-4-7(12)6-3-8(13-2)11-5-10-6/h3,5,7,9,12H,4H2,1-2H3. The predicted octanol–water partition coefficient (Wildman–Crippen LogP) is -0.262. The highest BCUT2D eigenvalue weighted by atomic mass is 16.5. The summed E-state index contributed by atoms with van der Waals surface area (Å²) in [5.74, 6) is 0.458. The molecular formula is C8H13N3O2. The molecule has 1 aromatic heterocycles. The Morgan fingerprint density at radius 3 is 3.00 bits per heavy atom. The molecule has 0 aromatic carbocycles. The number of nitrogens with one attached hydrogen (secondary N) is 1. The summed E-state index contributed by atoms with van der Waals surface area (Å²) in [5.41, 5.74) is 0.557. The van der Waals surface area contributed by atoms with E-state index in [0.717, 1.165) is 0 Å². The molecule has 1 atom stereocenters. The normalized spacial score (nSPS) is 12.5. The zero-order valence-corrected chi connectivity index (χ0v) is 7.69. The van der Waals surface area contributed by atoms with Crippen molar-refractivity contribution in [3.8, 4) is 5.88 Å². The Morgan fingerprint density at radius 2 is 2.38 bits per heavy atom. The zero-order chi connectivity index (χ0) is 9.68. The minimum Gasteiger partial charge on any atom is -0.481 e. The molecule has 0 aliphatic carbocycles. The van der Waals surface area contributed by atoms with Gasteiger partial charge >= 0.3 is 0 Å². The van der Waals surface area contributed by atoms with E-state index in [1.54, 1.807) is 13.1 Å². The Morgan fingerprint density at radius 1 is 1.62 bits per heavy atom. The lowest BCUT2D eigenvalue weighted by atomic mass is 10.2. The quantitative estimate of drug-likeness (QED) is 0.673. The van der Waals surface area contributed by atoms with Gasteiger partial charge in [-0.1, -0.05) is 0 Å². The van der Waals surface area contributed by atoms with Crippen LogP contribution in [0.3, 0.4) is 0 Å².